The molecule has 0 spiro atoms. The topological polar surface area (TPSA) is 104 Å². The third-order valence-electron chi connectivity index (χ3n) is 1.34. The highest BCUT2D eigenvalue weighted by atomic mass is 16.5. The lowest BCUT2D eigenvalue weighted by molar-refractivity contribution is 0.211. The minimum Gasteiger partial charge on any atom is -0.422 e. The van der Waals surface area contributed by atoms with Crippen LogP contribution in [0.5, 0.6) is 5.75 Å². The van der Waals surface area contributed by atoms with E-state index in [-0.39, 0.29) is 5.75 Å². The average Bonchev–Trinajstić information content (AvgIpc) is 2.22. The van der Waals surface area contributed by atoms with E-state index in [9.17, 15) is 9.59 Å². The van der Waals surface area contributed by atoms with Crippen molar-refractivity contribution in [3.8, 4) is 5.75 Å². The molecule has 0 heterocycles. The first-order valence-electron chi connectivity index (χ1n) is 3.71. The predicted molar refractivity (Wildman–Crippen MR) is 49.4 cm³/mol. The zero-order valence-electron chi connectivity index (χ0n) is 7.32. The summed E-state index contributed by atoms with van der Waals surface area (Å²) < 4.78 is 4.59. The number of hydrogen-bond acceptors (Lipinski definition) is 4. The van der Waals surface area contributed by atoms with Gasteiger partial charge in [0.2, 0.25) is 6.08 Å². The van der Waals surface area contributed by atoms with Gasteiger partial charge < -0.3 is 4.74 Å². The number of amides is 1. The number of isocyanates is 1. The summed E-state index contributed by atoms with van der Waals surface area (Å²) in [7, 11) is 0. The molecule has 0 saturated heterocycles. The Morgan fingerprint density at radius 2 is 2.07 bits per heavy atom. The van der Waals surface area contributed by atoms with Gasteiger partial charge in [-0.3, -0.25) is 0 Å². The summed E-state index contributed by atoms with van der Waals surface area (Å²) in [6, 6.07) is 5.70. The van der Waals surface area contributed by atoms with Crippen LogP contribution in [0.3, 0.4) is 0 Å². The summed E-state index contributed by atoms with van der Waals surface area (Å²) in [6.07, 6.45) is 0.313. The van der Waals surface area contributed by atoms with E-state index in [1.54, 1.807) is 0 Å². The Labute approximate surface area is 83.6 Å². The van der Waals surface area contributed by atoms with Crippen LogP contribution in [0.1, 0.15) is 0 Å². The minimum atomic E-state index is -1.05. The monoisotopic (exact) mass is 204 g/mol. The molecule has 1 aromatic carbocycles. The Balaban J connectivity index is 2.76. The lowest BCUT2D eigenvalue weighted by Crippen LogP contribution is -1.99. The number of carbonyl (C=O) groups excluding carboxylic acids is 2. The molecule has 0 saturated carbocycles. The smallest absolute Gasteiger partial charge is 0.402 e. The molecule has 0 bridgehead atoms. The molecule has 0 aliphatic rings. The van der Waals surface area contributed by atoms with Crippen LogP contribution in [0.4, 0.5) is 10.5 Å². The van der Waals surface area contributed by atoms with E-state index in [0.29, 0.717) is 5.69 Å². The van der Waals surface area contributed by atoms with Crippen molar-refractivity contribution in [1.82, 2.24) is 0 Å². The van der Waals surface area contributed by atoms with Gasteiger partial charge in [0.05, 0.1) is 5.69 Å². The number of hydrogen-bond donors (Lipinski definition) is 0. The third kappa shape index (κ3) is 3.31. The van der Waals surface area contributed by atoms with Crippen LogP contribution in [-0.2, 0) is 4.79 Å². The van der Waals surface area contributed by atoms with E-state index in [0.717, 1.165) is 0 Å². The van der Waals surface area contributed by atoms with Crippen LogP contribution in [0.2, 0.25) is 0 Å². The maximum atomic E-state index is 10.7. The van der Waals surface area contributed by atoms with Crippen molar-refractivity contribution in [2.24, 2.45) is 10.1 Å². The molecule has 7 nitrogen and oxygen atoms in total. The van der Waals surface area contributed by atoms with Crippen molar-refractivity contribution in [1.29, 1.82) is 0 Å². The molecule has 1 aromatic rings. The van der Waals surface area contributed by atoms with Gasteiger partial charge >= 0.3 is 6.09 Å². The van der Waals surface area contributed by atoms with Crippen LogP contribution >= 0.6 is 0 Å². The zero-order valence-corrected chi connectivity index (χ0v) is 7.32. The fraction of sp³-hybridized carbons (Fsp3) is 0. The molecule has 0 aliphatic carbocycles. The Bertz CT molecular complexity index is 455. The first kappa shape index (κ1) is 10.5. The number of benzene rings is 1. The minimum absolute atomic E-state index is 0.192. The summed E-state index contributed by atoms with van der Waals surface area (Å²) >= 11 is 0. The standard InChI is InChI=1S/C8H4N4O3/c9-12-11-8(14)15-7-3-1-6(2-4-7)10-5-13/h1-4H. The molecule has 74 valence electrons. The Morgan fingerprint density at radius 3 is 2.60 bits per heavy atom. The van der Waals surface area contributed by atoms with Crippen molar-refractivity contribution >= 4 is 17.9 Å². The van der Waals surface area contributed by atoms with Gasteiger partial charge in [-0.1, -0.05) is 0 Å². The average molecular weight is 204 g/mol. The molecular weight excluding hydrogens is 200 g/mol. The third-order valence-corrected chi connectivity index (χ3v) is 1.34. The van der Waals surface area contributed by atoms with Gasteiger partial charge in [0, 0.05) is 10.0 Å². The predicted octanol–water partition coefficient (Wildman–Crippen LogP) is 2.46. The summed E-state index contributed by atoms with van der Waals surface area (Å²) in [4.78, 5) is 26.2. The van der Waals surface area contributed by atoms with Gasteiger partial charge in [0.15, 0.2) is 0 Å². The molecule has 1 rings (SSSR count). The number of aliphatic imine (C=N–C) groups is 1. The van der Waals surface area contributed by atoms with Gasteiger partial charge in [-0.15, -0.1) is 0 Å². The lowest BCUT2D eigenvalue weighted by Gasteiger charge is -1.99. The van der Waals surface area contributed by atoms with Crippen molar-refractivity contribution in [2.75, 3.05) is 0 Å². The van der Waals surface area contributed by atoms with Gasteiger partial charge in [-0.2, -0.15) is 4.99 Å². The van der Waals surface area contributed by atoms with Crippen molar-refractivity contribution in [3.05, 3.63) is 34.7 Å². The molecule has 0 atom stereocenters. The molecule has 15 heavy (non-hydrogen) atoms. The van der Waals surface area contributed by atoms with Gasteiger partial charge in [-0.25, -0.2) is 9.59 Å². The SMILES string of the molecule is [N-]=[N+]=NC(=O)Oc1ccc(N=C=O)cc1. The first-order valence-corrected chi connectivity index (χ1v) is 3.71. The van der Waals surface area contributed by atoms with Crippen molar-refractivity contribution in [3.63, 3.8) is 0 Å². The Morgan fingerprint density at radius 1 is 1.40 bits per heavy atom. The van der Waals surface area contributed by atoms with Gasteiger partial charge in [0.1, 0.15) is 5.75 Å². The number of azide groups is 1. The molecule has 0 aliphatic heterocycles. The van der Waals surface area contributed by atoms with Crippen LogP contribution in [-0.4, -0.2) is 12.2 Å². The number of carbonyl (C=O) groups is 1. The zero-order chi connectivity index (χ0) is 11.1. The Kier molecular flexibility index (Phi) is 3.61. The molecule has 0 unspecified atom stereocenters. The highest BCUT2D eigenvalue weighted by molar-refractivity contribution is 5.71. The van der Waals surface area contributed by atoms with Gasteiger partial charge in [-0.05, 0) is 29.8 Å². The lowest BCUT2D eigenvalue weighted by atomic mass is 10.3. The maximum absolute atomic E-state index is 10.7. The number of nitrogens with zero attached hydrogens (tertiary/aromatic N) is 4. The summed E-state index contributed by atoms with van der Waals surface area (Å²) in [6.45, 7) is 0. The number of ether oxygens (including phenoxy) is 1. The van der Waals surface area contributed by atoms with Gasteiger partial charge in [0.25, 0.3) is 0 Å². The van der Waals surface area contributed by atoms with Crippen molar-refractivity contribution in [2.45, 2.75) is 0 Å². The van der Waals surface area contributed by atoms with Crippen LogP contribution in [0.25, 0.3) is 10.4 Å². The molecule has 7 heteroatoms. The Hall–Kier alpha value is -2.62. The van der Waals surface area contributed by atoms with Crippen molar-refractivity contribution < 1.29 is 14.3 Å². The largest absolute Gasteiger partial charge is 0.422 e. The fourth-order valence-corrected chi connectivity index (χ4v) is 0.799. The number of rotatable bonds is 2. The highest BCUT2D eigenvalue weighted by Gasteiger charge is 2.00. The fourth-order valence-electron chi connectivity index (χ4n) is 0.799. The van der Waals surface area contributed by atoms with E-state index in [1.165, 1.54) is 30.3 Å². The molecule has 0 radical (unpaired) electrons. The highest BCUT2D eigenvalue weighted by Crippen LogP contribution is 2.17. The second-order valence-electron chi connectivity index (χ2n) is 2.25. The van der Waals surface area contributed by atoms with Crippen LogP contribution < -0.4 is 4.74 Å². The molecular formula is C8H4N4O3. The van der Waals surface area contributed by atoms with Crippen LogP contribution in [0, 0.1) is 0 Å². The quantitative estimate of drug-likeness (QED) is 0.243. The van der Waals surface area contributed by atoms with E-state index < -0.39 is 6.09 Å². The normalized spacial score (nSPS) is 8.27. The van der Waals surface area contributed by atoms with E-state index in [2.05, 4.69) is 19.8 Å². The summed E-state index contributed by atoms with van der Waals surface area (Å²) in [5.74, 6) is 0.192. The summed E-state index contributed by atoms with van der Waals surface area (Å²) in [5.41, 5.74) is 8.31. The molecule has 1 amide bonds. The van der Waals surface area contributed by atoms with E-state index in [1.807, 2.05) is 0 Å². The molecule has 0 N–H and O–H groups in total. The first-order chi connectivity index (χ1) is 7.26. The summed E-state index contributed by atoms with van der Waals surface area (Å²) in [5, 5.41) is 2.71. The molecule has 0 fully saturated rings. The second-order valence-corrected chi connectivity index (χ2v) is 2.25. The maximum Gasteiger partial charge on any atom is 0.402 e. The molecule has 0 aromatic heterocycles. The van der Waals surface area contributed by atoms with Crippen LogP contribution in [0.15, 0.2) is 34.4 Å². The van der Waals surface area contributed by atoms with E-state index in [4.69, 9.17) is 5.53 Å². The second kappa shape index (κ2) is 5.18. The van der Waals surface area contributed by atoms with E-state index >= 15 is 0 Å².